The Balaban J connectivity index is 1.79. The van der Waals surface area contributed by atoms with E-state index in [1.807, 2.05) is 18.5 Å². The third kappa shape index (κ3) is 3.98. The van der Waals surface area contributed by atoms with Crippen LogP contribution in [-0.2, 0) is 6.54 Å². The number of benzene rings is 1. The zero-order chi connectivity index (χ0) is 13.7. The summed E-state index contributed by atoms with van der Waals surface area (Å²) in [5.74, 6) is 0.836. The van der Waals surface area contributed by atoms with Crippen molar-refractivity contribution in [3.8, 4) is 0 Å². The fraction of sp³-hybridized carbons (Fsp3) is 0.562. The van der Waals surface area contributed by atoms with Crippen molar-refractivity contribution in [2.45, 2.75) is 52.5 Å². The number of hydrogen-bond acceptors (Lipinski definition) is 2. The van der Waals surface area contributed by atoms with Crippen LogP contribution in [0.2, 0.25) is 0 Å². The van der Waals surface area contributed by atoms with Crippen LogP contribution in [0.5, 0.6) is 0 Å². The maximum Gasteiger partial charge on any atom is 0.0958 e. The van der Waals surface area contributed by atoms with Crippen molar-refractivity contribution in [2.75, 3.05) is 5.73 Å². The molecule has 0 amide bonds. The molecule has 0 saturated carbocycles. The number of nitrogen functional groups attached to an aromatic ring is 1. The first kappa shape index (κ1) is 13.9. The van der Waals surface area contributed by atoms with Crippen LogP contribution in [0.1, 0.15) is 46.0 Å². The number of unbranched alkanes of at least 4 members (excludes halogenated alkanes) is 3. The van der Waals surface area contributed by atoms with Crippen LogP contribution in [0, 0.1) is 5.92 Å². The lowest BCUT2D eigenvalue weighted by molar-refractivity contribution is 0.507. The Morgan fingerprint density at radius 1 is 1.16 bits per heavy atom. The van der Waals surface area contributed by atoms with Crippen molar-refractivity contribution < 1.29 is 0 Å². The van der Waals surface area contributed by atoms with Crippen molar-refractivity contribution in [2.24, 2.45) is 5.92 Å². The number of rotatable bonds is 7. The topological polar surface area (TPSA) is 43.8 Å². The maximum absolute atomic E-state index is 5.76. The zero-order valence-electron chi connectivity index (χ0n) is 12.1. The largest absolute Gasteiger partial charge is 0.399 e. The monoisotopic (exact) mass is 259 g/mol. The number of aryl methyl sites for hydroxylation is 1. The van der Waals surface area contributed by atoms with E-state index in [2.05, 4.69) is 29.5 Å². The van der Waals surface area contributed by atoms with Crippen LogP contribution < -0.4 is 5.73 Å². The Hall–Kier alpha value is -1.51. The fourth-order valence-electron chi connectivity index (χ4n) is 2.45. The minimum absolute atomic E-state index is 0.784. The molecule has 0 spiro atoms. The van der Waals surface area contributed by atoms with Gasteiger partial charge in [-0.05, 0) is 30.5 Å². The van der Waals surface area contributed by atoms with Crippen LogP contribution >= 0.6 is 0 Å². The van der Waals surface area contributed by atoms with Gasteiger partial charge in [0, 0.05) is 12.2 Å². The number of anilines is 1. The smallest absolute Gasteiger partial charge is 0.0958 e. The second-order valence-electron chi connectivity index (χ2n) is 5.78. The van der Waals surface area contributed by atoms with Gasteiger partial charge < -0.3 is 10.3 Å². The molecule has 2 N–H and O–H groups in total. The van der Waals surface area contributed by atoms with Crippen molar-refractivity contribution in [3.05, 3.63) is 24.5 Å². The Morgan fingerprint density at radius 3 is 2.74 bits per heavy atom. The van der Waals surface area contributed by atoms with Gasteiger partial charge in [0.2, 0.25) is 0 Å². The molecule has 1 aromatic carbocycles. The second-order valence-corrected chi connectivity index (χ2v) is 5.78. The first-order chi connectivity index (χ1) is 9.16. The lowest BCUT2D eigenvalue weighted by Gasteiger charge is -2.06. The summed E-state index contributed by atoms with van der Waals surface area (Å²) in [6.07, 6.45) is 8.53. The van der Waals surface area contributed by atoms with Gasteiger partial charge in [0.05, 0.1) is 17.4 Å². The molecule has 0 unspecified atom stereocenters. The quantitative estimate of drug-likeness (QED) is 0.597. The normalized spacial score (nSPS) is 11.5. The van der Waals surface area contributed by atoms with E-state index < -0.39 is 0 Å². The number of aromatic nitrogens is 2. The molecule has 3 nitrogen and oxygen atoms in total. The van der Waals surface area contributed by atoms with Crippen LogP contribution in [0.15, 0.2) is 24.5 Å². The standard InChI is InChI=1S/C16H25N3/c1-13(2)7-5-3-4-6-10-19-12-18-15-11-14(17)8-9-16(15)19/h8-9,11-13H,3-7,10,17H2,1-2H3. The molecular weight excluding hydrogens is 234 g/mol. The average molecular weight is 259 g/mol. The van der Waals surface area contributed by atoms with Gasteiger partial charge in [-0.2, -0.15) is 0 Å². The van der Waals surface area contributed by atoms with E-state index in [4.69, 9.17) is 5.73 Å². The number of nitrogens with zero attached hydrogens (tertiary/aromatic N) is 2. The van der Waals surface area contributed by atoms with Gasteiger partial charge >= 0.3 is 0 Å². The first-order valence-electron chi connectivity index (χ1n) is 7.37. The summed E-state index contributed by atoms with van der Waals surface area (Å²) in [5.41, 5.74) is 8.74. The highest BCUT2D eigenvalue weighted by molar-refractivity contribution is 5.78. The molecule has 0 saturated heterocycles. The van der Waals surface area contributed by atoms with Crippen molar-refractivity contribution in [1.82, 2.24) is 9.55 Å². The van der Waals surface area contributed by atoms with Crippen molar-refractivity contribution >= 4 is 16.7 Å². The molecule has 3 heteroatoms. The minimum atomic E-state index is 0.784. The highest BCUT2D eigenvalue weighted by Gasteiger charge is 2.02. The van der Waals surface area contributed by atoms with Gasteiger partial charge in [-0.3, -0.25) is 0 Å². The number of fused-ring (bicyclic) bond motifs is 1. The predicted octanol–water partition coefficient (Wildman–Crippen LogP) is 4.23. The Labute approximate surface area is 115 Å². The summed E-state index contributed by atoms with van der Waals surface area (Å²) >= 11 is 0. The van der Waals surface area contributed by atoms with Crippen LogP contribution in [0.3, 0.4) is 0 Å². The van der Waals surface area contributed by atoms with Gasteiger partial charge in [-0.25, -0.2) is 4.98 Å². The summed E-state index contributed by atoms with van der Waals surface area (Å²) in [7, 11) is 0. The summed E-state index contributed by atoms with van der Waals surface area (Å²) < 4.78 is 2.23. The van der Waals surface area contributed by atoms with E-state index in [0.29, 0.717) is 0 Å². The zero-order valence-corrected chi connectivity index (χ0v) is 12.1. The van der Waals surface area contributed by atoms with E-state index >= 15 is 0 Å². The third-order valence-electron chi connectivity index (χ3n) is 3.58. The van der Waals surface area contributed by atoms with Gasteiger partial charge in [-0.1, -0.05) is 39.5 Å². The summed E-state index contributed by atoms with van der Waals surface area (Å²) in [6, 6.07) is 5.95. The molecule has 0 bridgehead atoms. The molecular formula is C16H25N3. The lowest BCUT2D eigenvalue weighted by Crippen LogP contribution is -1.96. The second kappa shape index (κ2) is 6.60. The van der Waals surface area contributed by atoms with Crippen LogP contribution in [0.4, 0.5) is 5.69 Å². The van der Waals surface area contributed by atoms with Crippen molar-refractivity contribution in [3.63, 3.8) is 0 Å². The molecule has 1 aromatic heterocycles. The van der Waals surface area contributed by atoms with Crippen LogP contribution in [0.25, 0.3) is 11.0 Å². The van der Waals surface area contributed by atoms with E-state index in [9.17, 15) is 0 Å². The maximum atomic E-state index is 5.76. The molecule has 0 radical (unpaired) electrons. The molecule has 0 aliphatic heterocycles. The molecule has 1 heterocycles. The van der Waals surface area contributed by atoms with E-state index in [0.717, 1.165) is 23.7 Å². The first-order valence-corrected chi connectivity index (χ1v) is 7.37. The fourth-order valence-corrected chi connectivity index (χ4v) is 2.45. The molecule has 0 atom stereocenters. The SMILES string of the molecule is CC(C)CCCCCCn1cnc2cc(N)ccc21. The van der Waals surface area contributed by atoms with Crippen molar-refractivity contribution in [1.29, 1.82) is 0 Å². The van der Waals surface area contributed by atoms with Gasteiger partial charge in [0.15, 0.2) is 0 Å². The minimum Gasteiger partial charge on any atom is -0.399 e. The Kier molecular flexibility index (Phi) is 4.83. The Bertz CT molecular complexity index is 514. The third-order valence-corrected chi connectivity index (χ3v) is 3.58. The predicted molar refractivity (Wildman–Crippen MR) is 82.1 cm³/mol. The highest BCUT2D eigenvalue weighted by Crippen LogP contribution is 2.17. The lowest BCUT2D eigenvalue weighted by atomic mass is 10.0. The summed E-state index contributed by atoms with van der Waals surface area (Å²) in [5, 5.41) is 0. The molecule has 104 valence electrons. The van der Waals surface area contributed by atoms with E-state index in [-0.39, 0.29) is 0 Å². The van der Waals surface area contributed by atoms with Crippen LogP contribution in [-0.4, -0.2) is 9.55 Å². The van der Waals surface area contributed by atoms with E-state index in [1.165, 1.54) is 37.6 Å². The summed E-state index contributed by atoms with van der Waals surface area (Å²) in [6.45, 7) is 5.65. The molecule has 0 fully saturated rings. The number of hydrogen-bond donors (Lipinski definition) is 1. The molecule has 2 aromatic rings. The number of nitrogens with two attached hydrogens (primary N) is 1. The molecule has 2 rings (SSSR count). The Morgan fingerprint density at radius 2 is 1.95 bits per heavy atom. The van der Waals surface area contributed by atoms with Gasteiger partial charge in [0.25, 0.3) is 0 Å². The molecule has 19 heavy (non-hydrogen) atoms. The molecule has 0 aliphatic rings. The highest BCUT2D eigenvalue weighted by atomic mass is 15.0. The van der Waals surface area contributed by atoms with Gasteiger partial charge in [-0.15, -0.1) is 0 Å². The average Bonchev–Trinajstić information content (AvgIpc) is 2.75. The van der Waals surface area contributed by atoms with Gasteiger partial charge in [0.1, 0.15) is 0 Å². The summed E-state index contributed by atoms with van der Waals surface area (Å²) in [4.78, 5) is 4.40. The number of imidazole rings is 1. The molecule has 0 aliphatic carbocycles. The van der Waals surface area contributed by atoms with E-state index in [1.54, 1.807) is 0 Å².